The van der Waals surface area contributed by atoms with Gasteiger partial charge in [0, 0.05) is 20.1 Å². The van der Waals surface area contributed by atoms with Crippen LogP contribution in [-0.4, -0.2) is 51.2 Å². The van der Waals surface area contributed by atoms with Crippen molar-refractivity contribution in [2.45, 2.75) is 25.6 Å². The summed E-state index contributed by atoms with van der Waals surface area (Å²) in [6.07, 6.45) is 1.01. The Hall–Kier alpha value is -1.67. The van der Waals surface area contributed by atoms with Gasteiger partial charge in [0.2, 0.25) is 5.82 Å². The molecule has 106 valence electrons. The highest BCUT2D eigenvalue weighted by atomic mass is 16.6. The van der Waals surface area contributed by atoms with Crippen LogP contribution in [0.1, 0.15) is 13.8 Å². The first-order valence-corrected chi connectivity index (χ1v) is 6.04. The molecule has 1 aromatic rings. The van der Waals surface area contributed by atoms with Gasteiger partial charge in [0.15, 0.2) is 0 Å². The molecule has 2 heterocycles. The predicted octanol–water partition coefficient (Wildman–Crippen LogP) is 0.304. The Morgan fingerprint density at radius 2 is 2.37 bits per heavy atom. The molecule has 1 N–H and O–H groups in total. The third-order valence-electron chi connectivity index (χ3n) is 2.97. The van der Waals surface area contributed by atoms with E-state index in [0.717, 1.165) is 0 Å². The van der Waals surface area contributed by atoms with Gasteiger partial charge in [-0.05, 0) is 13.8 Å². The molecule has 8 heteroatoms. The molecule has 1 fully saturated rings. The fourth-order valence-corrected chi connectivity index (χ4v) is 2.37. The highest BCUT2D eigenvalue weighted by Crippen LogP contribution is 2.31. The minimum atomic E-state index is -0.489. The van der Waals surface area contributed by atoms with Crippen LogP contribution in [0, 0.1) is 10.1 Å². The van der Waals surface area contributed by atoms with E-state index in [1.54, 1.807) is 11.9 Å². The summed E-state index contributed by atoms with van der Waals surface area (Å²) in [5.74, 6) is 0.322. The lowest BCUT2D eigenvalue weighted by Crippen LogP contribution is -2.54. The molecule has 0 amide bonds. The first-order chi connectivity index (χ1) is 8.82. The summed E-state index contributed by atoms with van der Waals surface area (Å²) in [6.45, 7) is 4.52. The van der Waals surface area contributed by atoms with E-state index < -0.39 is 10.5 Å². The smallest absolute Gasteiger partial charge is 0.330 e. The summed E-state index contributed by atoms with van der Waals surface area (Å²) in [6, 6.07) is 0. The average molecular weight is 270 g/mol. The quantitative estimate of drug-likeness (QED) is 0.627. The summed E-state index contributed by atoms with van der Waals surface area (Å²) >= 11 is 0. The van der Waals surface area contributed by atoms with Gasteiger partial charge in [-0.15, -0.1) is 5.10 Å². The Labute approximate surface area is 110 Å². The van der Waals surface area contributed by atoms with Crippen LogP contribution >= 0.6 is 0 Å². The summed E-state index contributed by atoms with van der Waals surface area (Å²) in [7, 11) is 1.64. The van der Waals surface area contributed by atoms with Crippen LogP contribution in [0.3, 0.4) is 0 Å². The molecule has 2 rings (SSSR count). The topological polar surface area (TPSA) is 93.7 Å². The van der Waals surface area contributed by atoms with Crippen molar-refractivity contribution in [3.63, 3.8) is 0 Å². The molecule has 1 aliphatic heterocycles. The van der Waals surface area contributed by atoms with Gasteiger partial charge in [-0.2, -0.15) is 0 Å². The highest BCUT2D eigenvalue weighted by molar-refractivity contribution is 5.57. The van der Waals surface area contributed by atoms with Crippen molar-refractivity contribution in [2.75, 3.05) is 24.6 Å². The van der Waals surface area contributed by atoms with Crippen molar-refractivity contribution in [3.05, 3.63) is 16.3 Å². The van der Waals surface area contributed by atoms with Crippen molar-refractivity contribution in [2.24, 2.45) is 7.05 Å². The van der Waals surface area contributed by atoms with Crippen molar-refractivity contribution in [3.8, 4) is 0 Å². The summed E-state index contributed by atoms with van der Waals surface area (Å²) < 4.78 is 7.11. The SMILES string of the molecule is Cn1cc([N+](=O)[O-])c(N2CC(CO)OC(C)(C)C2)n1. The number of ether oxygens (including phenoxy) is 1. The molecule has 0 aliphatic carbocycles. The van der Waals surface area contributed by atoms with E-state index >= 15 is 0 Å². The maximum absolute atomic E-state index is 11.0. The third kappa shape index (κ3) is 2.85. The van der Waals surface area contributed by atoms with E-state index in [2.05, 4.69) is 5.10 Å². The number of rotatable bonds is 3. The lowest BCUT2D eigenvalue weighted by atomic mass is 10.1. The van der Waals surface area contributed by atoms with Gasteiger partial charge in [-0.3, -0.25) is 14.8 Å². The lowest BCUT2D eigenvalue weighted by Gasteiger charge is -2.42. The number of aryl methyl sites for hydroxylation is 1. The number of nitro groups is 1. The minimum Gasteiger partial charge on any atom is -0.394 e. The summed E-state index contributed by atoms with van der Waals surface area (Å²) in [4.78, 5) is 12.4. The zero-order chi connectivity index (χ0) is 14.2. The van der Waals surface area contributed by atoms with E-state index in [1.807, 2.05) is 13.8 Å². The second kappa shape index (κ2) is 4.78. The molecule has 0 aromatic carbocycles. The molecule has 0 saturated carbocycles. The zero-order valence-corrected chi connectivity index (χ0v) is 11.2. The van der Waals surface area contributed by atoms with E-state index in [4.69, 9.17) is 4.74 Å². The molecular formula is C11H18N4O4. The van der Waals surface area contributed by atoms with Crippen molar-refractivity contribution < 1.29 is 14.8 Å². The van der Waals surface area contributed by atoms with Crippen molar-refractivity contribution >= 4 is 11.5 Å². The number of aliphatic hydroxyl groups excluding tert-OH is 1. The molecule has 1 unspecified atom stereocenters. The Morgan fingerprint density at radius 1 is 1.68 bits per heavy atom. The van der Waals surface area contributed by atoms with Gasteiger partial charge in [-0.1, -0.05) is 0 Å². The van der Waals surface area contributed by atoms with Gasteiger partial charge in [0.05, 0.1) is 23.2 Å². The van der Waals surface area contributed by atoms with E-state index in [-0.39, 0.29) is 18.4 Å². The minimum absolute atomic E-state index is 0.0307. The Bertz CT molecular complexity index is 485. The molecule has 1 aromatic heterocycles. The number of hydrogen-bond donors (Lipinski definition) is 1. The Kier molecular flexibility index (Phi) is 3.46. The van der Waals surface area contributed by atoms with Crippen LogP contribution in [0.15, 0.2) is 6.20 Å². The molecule has 0 bridgehead atoms. The van der Waals surface area contributed by atoms with Crippen LogP contribution in [-0.2, 0) is 11.8 Å². The largest absolute Gasteiger partial charge is 0.394 e. The number of hydrogen-bond acceptors (Lipinski definition) is 6. The number of morpholine rings is 1. The van der Waals surface area contributed by atoms with E-state index in [0.29, 0.717) is 18.9 Å². The molecule has 1 saturated heterocycles. The van der Waals surface area contributed by atoms with Crippen LogP contribution < -0.4 is 4.90 Å². The standard InChI is InChI=1S/C11H18N4O4/c1-11(2)7-14(4-8(6-16)19-11)10-9(15(17)18)5-13(3)12-10/h5,8,16H,4,6-7H2,1-3H3. The first kappa shape index (κ1) is 13.8. The monoisotopic (exact) mass is 270 g/mol. The van der Waals surface area contributed by atoms with E-state index in [9.17, 15) is 15.2 Å². The molecule has 1 atom stereocenters. The molecular weight excluding hydrogens is 252 g/mol. The first-order valence-electron chi connectivity index (χ1n) is 6.04. The average Bonchev–Trinajstić information content (AvgIpc) is 2.69. The molecule has 19 heavy (non-hydrogen) atoms. The highest BCUT2D eigenvalue weighted by Gasteiger charge is 2.37. The summed E-state index contributed by atoms with van der Waals surface area (Å²) in [5, 5.41) is 24.4. The third-order valence-corrected chi connectivity index (χ3v) is 2.97. The number of aromatic nitrogens is 2. The zero-order valence-electron chi connectivity index (χ0n) is 11.2. The molecule has 0 spiro atoms. The van der Waals surface area contributed by atoms with Gasteiger partial charge >= 0.3 is 5.69 Å². The Morgan fingerprint density at radius 3 is 2.95 bits per heavy atom. The normalized spacial score (nSPS) is 22.5. The van der Waals surface area contributed by atoms with Crippen molar-refractivity contribution in [1.29, 1.82) is 0 Å². The van der Waals surface area contributed by atoms with Crippen LogP contribution in [0.25, 0.3) is 0 Å². The summed E-state index contributed by atoms with van der Waals surface area (Å²) in [5.41, 5.74) is -0.520. The molecule has 1 aliphatic rings. The predicted molar refractivity (Wildman–Crippen MR) is 68.1 cm³/mol. The second-order valence-electron chi connectivity index (χ2n) is 5.33. The lowest BCUT2D eigenvalue weighted by molar-refractivity contribution is -0.384. The maximum Gasteiger partial charge on any atom is 0.330 e. The number of nitrogens with zero attached hydrogens (tertiary/aromatic N) is 4. The fourth-order valence-electron chi connectivity index (χ4n) is 2.37. The number of anilines is 1. The second-order valence-corrected chi connectivity index (χ2v) is 5.33. The Balaban J connectivity index is 2.32. The van der Waals surface area contributed by atoms with Crippen LogP contribution in [0.5, 0.6) is 0 Å². The van der Waals surface area contributed by atoms with Gasteiger partial charge in [0.1, 0.15) is 6.20 Å². The fraction of sp³-hybridized carbons (Fsp3) is 0.727. The van der Waals surface area contributed by atoms with Gasteiger partial charge in [0.25, 0.3) is 0 Å². The number of aliphatic hydroxyl groups is 1. The van der Waals surface area contributed by atoms with Crippen molar-refractivity contribution in [1.82, 2.24) is 9.78 Å². The van der Waals surface area contributed by atoms with Gasteiger partial charge in [-0.25, -0.2) is 0 Å². The van der Waals surface area contributed by atoms with E-state index in [1.165, 1.54) is 10.9 Å². The molecule has 8 nitrogen and oxygen atoms in total. The van der Waals surface area contributed by atoms with Crippen LogP contribution in [0.2, 0.25) is 0 Å². The van der Waals surface area contributed by atoms with Gasteiger partial charge < -0.3 is 14.7 Å². The maximum atomic E-state index is 11.0. The molecule has 0 radical (unpaired) electrons. The van der Waals surface area contributed by atoms with Crippen LogP contribution in [0.4, 0.5) is 11.5 Å².